The molecule has 0 unspecified atom stereocenters. The van der Waals surface area contributed by atoms with Crippen LogP contribution in [-0.2, 0) is 47.6 Å². The molecule has 0 bridgehead atoms. The van der Waals surface area contributed by atoms with E-state index in [0.717, 1.165) is 0 Å². The summed E-state index contributed by atoms with van der Waals surface area (Å²) >= 11 is 0. The minimum Gasteiger partial charge on any atom is -0.452 e. The van der Waals surface area contributed by atoms with Crippen molar-refractivity contribution < 1.29 is 47.6 Å². The lowest BCUT2D eigenvalue weighted by atomic mass is 10.7. The van der Waals surface area contributed by atoms with Crippen molar-refractivity contribution in [2.24, 2.45) is 0 Å². The third kappa shape index (κ3) is 11.3. The molecule has 0 aliphatic rings. The molecule has 0 aromatic carbocycles. The standard InChI is InChI=1S/C11H16O10/c1-16-3-8(12)18-5-10(14)20-7-21-11(15)6-19-9(13)4-17-2/h3-7H2,1-2H3. The SMILES string of the molecule is COCC(=O)OCC(=O)OCOC(=O)COC(=O)COC. The van der Waals surface area contributed by atoms with Gasteiger partial charge < -0.3 is 28.4 Å². The summed E-state index contributed by atoms with van der Waals surface area (Å²) in [6.07, 6.45) is 0. The maximum absolute atomic E-state index is 11.1. The summed E-state index contributed by atoms with van der Waals surface area (Å²) in [5, 5.41) is 0. The number of hydrogen-bond acceptors (Lipinski definition) is 10. The van der Waals surface area contributed by atoms with Crippen molar-refractivity contribution in [3.63, 3.8) is 0 Å². The van der Waals surface area contributed by atoms with E-state index in [2.05, 4.69) is 28.4 Å². The van der Waals surface area contributed by atoms with Gasteiger partial charge >= 0.3 is 23.9 Å². The van der Waals surface area contributed by atoms with E-state index in [4.69, 9.17) is 0 Å². The predicted octanol–water partition coefficient (Wildman–Crippen LogP) is -1.59. The number of carbonyl (C=O) groups excluding carboxylic acids is 4. The molecule has 0 fully saturated rings. The van der Waals surface area contributed by atoms with E-state index in [0.29, 0.717) is 0 Å². The predicted molar refractivity (Wildman–Crippen MR) is 62.7 cm³/mol. The number of ether oxygens (including phenoxy) is 6. The largest absolute Gasteiger partial charge is 0.452 e. The first-order valence-corrected chi connectivity index (χ1v) is 5.60. The molecule has 0 aromatic rings. The van der Waals surface area contributed by atoms with Crippen LogP contribution < -0.4 is 0 Å². The maximum Gasteiger partial charge on any atom is 0.347 e. The van der Waals surface area contributed by atoms with Gasteiger partial charge in [-0.2, -0.15) is 0 Å². The van der Waals surface area contributed by atoms with Gasteiger partial charge in [0.25, 0.3) is 0 Å². The Morgan fingerprint density at radius 1 is 0.571 bits per heavy atom. The fraction of sp³-hybridized carbons (Fsp3) is 0.636. The highest BCUT2D eigenvalue weighted by molar-refractivity contribution is 5.78. The second-order valence-electron chi connectivity index (χ2n) is 3.34. The quantitative estimate of drug-likeness (QED) is 0.265. The van der Waals surface area contributed by atoms with Crippen molar-refractivity contribution in [1.82, 2.24) is 0 Å². The van der Waals surface area contributed by atoms with Gasteiger partial charge in [0.05, 0.1) is 0 Å². The highest BCUT2D eigenvalue weighted by Gasteiger charge is 2.11. The Labute approximate surface area is 120 Å². The van der Waals surface area contributed by atoms with Crippen molar-refractivity contribution in [1.29, 1.82) is 0 Å². The molecule has 0 spiro atoms. The first-order valence-electron chi connectivity index (χ1n) is 5.60. The van der Waals surface area contributed by atoms with Gasteiger partial charge in [-0.3, -0.25) is 0 Å². The Morgan fingerprint density at radius 2 is 0.905 bits per heavy atom. The Morgan fingerprint density at radius 3 is 1.24 bits per heavy atom. The summed E-state index contributed by atoms with van der Waals surface area (Å²) in [5.74, 6) is -3.31. The van der Waals surface area contributed by atoms with Gasteiger partial charge in [0.1, 0.15) is 13.2 Å². The average Bonchev–Trinajstić information content (AvgIpc) is 2.43. The summed E-state index contributed by atoms with van der Waals surface area (Å²) in [7, 11) is 2.58. The summed E-state index contributed by atoms with van der Waals surface area (Å²) in [5.41, 5.74) is 0. The first-order chi connectivity index (χ1) is 9.99. The minimum atomic E-state index is -0.913. The van der Waals surface area contributed by atoms with E-state index < -0.39 is 43.9 Å². The second-order valence-corrected chi connectivity index (χ2v) is 3.34. The molecule has 21 heavy (non-hydrogen) atoms. The number of carbonyl (C=O) groups is 4. The van der Waals surface area contributed by atoms with Crippen LogP contribution in [0.25, 0.3) is 0 Å². The number of rotatable bonds is 10. The summed E-state index contributed by atoms with van der Waals surface area (Å²) < 4.78 is 26.7. The Bertz CT molecular complexity index is 330. The molecule has 0 aliphatic heterocycles. The molecule has 0 amide bonds. The molecule has 0 heterocycles. The number of hydrogen-bond donors (Lipinski definition) is 0. The summed E-state index contributed by atoms with van der Waals surface area (Å²) in [4.78, 5) is 43.8. The van der Waals surface area contributed by atoms with Gasteiger partial charge in [-0.05, 0) is 0 Å². The fourth-order valence-corrected chi connectivity index (χ4v) is 0.842. The van der Waals surface area contributed by atoms with Gasteiger partial charge in [0, 0.05) is 14.2 Å². The lowest BCUT2D eigenvalue weighted by Gasteiger charge is -2.07. The lowest BCUT2D eigenvalue weighted by molar-refractivity contribution is -0.178. The van der Waals surface area contributed by atoms with Crippen molar-refractivity contribution >= 4 is 23.9 Å². The number of methoxy groups -OCH3 is 2. The molecule has 0 aliphatic carbocycles. The van der Waals surface area contributed by atoms with Crippen LogP contribution in [0.3, 0.4) is 0 Å². The van der Waals surface area contributed by atoms with Gasteiger partial charge in [-0.25, -0.2) is 19.2 Å². The molecule has 0 saturated heterocycles. The monoisotopic (exact) mass is 308 g/mol. The van der Waals surface area contributed by atoms with Crippen LogP contribution in [0, 0.1) is 0 Å². The summed E-state index contributed by atoms with van der Waals surface area (Å²) in [6.45, 7) is -2.56. The third-order valence-corrected chi connectivity index (χ3v) is 1.67. The molecular formula is C11H16O10. The lowest BCUT2D eigenvalue weighted by Crippen LogP contribution is -2.23. The van der Waals surface area contributed by atoms with Crippen LogP contribution in [0.1, 0.15) is 0 Å². The van der Waals surface area contributed by atoms with Crippen molar-refractivity contribution in [2.75, 3.05) is 47.4 Å². The second kappa shape index (κ2) is 11.6. The normalized spacial score (nSPS) is 9.62. The smallest absolute Gasteiger partial charge is 0.347 e. The number of esters is 4. The molecule has 0 atom stereocenters. The minimum absolute atomic E-state index is 0.297. The molecule has 0 saturated carbocycles. The molecule has 10 heteroatoms. The molecule has 120 valence electrons. The van der Waals surface area contributed by atoms with Gasteiger partial charge in [0.15, 0.2) is 13.2 Å². The Balaban J connectivity index is 3.64. The first kappa shape index (κ1) is 18.8. The zero-order valence-electron chi connectivity index (χ0n) is 11.6. The van der Waals surface area contributed by atoms with E-state index in [-0.39, 0.29) is 13.2 Å². The van der Waals surface area contributed by atoms with Gasteiger partial charge in [0.2, 0.25) is 6.79 Å². The van der Waals surface area contributed by atoms with Gasteiger partial charge in [-0.15, -0.1) is 0 Å². The van der Waals surface area contributed by atoms with Crippen LogP contribution in [-0.4, -0.2) is 71.3 Å². The topological polar surface area (TPSA) is 124 Å². The molecule has 0 aromatic heterocycles. The van der Waals surface area contributed by atoms with Crippen molar-refractivity contribution in [3.05, 3.63) is 0 Å². The zero-order valence-corrected chi connectivity index (χ0v) is 11.6. The Hall–Kier alpha value is -2.20. The van der Waals surface area contributed by atoms with Crippen LogP contribution in [0.2, 0.25) is 0 Å². The fourth-order valence-electron chi connectivity index (χ4n) is 0.842. The molecule has 0 N–H and O–H groups in total. The highest BCUT2D eigenvalue weighted by Crippen LogP contribution is 1.88. The van der Waals surface area contributed by atoms with Gasteiger partial charge in [-0.1, -0.05) is 0 Å². The van der Waals surface area contributed by atoms with E-state index in [1.807, 2.05) is 0 Å². The van der Waals surface area contributed by atoms with Crippen LogP contribution in [0.4, 0.5) is 0 Å². The van der Waals surface area contributed by atoms with E-state index >= 15 is 0 Å². The van der Waals surface area contributed by atoms with E-state index in [9.17, 15) is 19.2 Å². The highest BCUT2D eigenvalue weighted by atomic mass is 16.7. The maximum atomic E-state index is 11.1. The zero-order chi connectivity index (χ0) is 16.1. The molecule has 10 nitrogen and oxygen atoms in total. The molecular weight excluding hydrogens is 292 g/mol. The Kier molecular flexibility index (Phi) is 10.4. The van der Waals surface area contributed by atoms with Crippen LogP contribution in [0.5, 0.6) is 0 Å². The molecule has 0 radical (unpaired) electrons. The van der Waals surface area contributed by atoms with E-state index in [1.54, 1.807) is 0 Å². The van der Waals surface area contributed by atoms with Crippen molar-refractivity contribution in [3.8, 4) is 0 Å². The van der Waals surface area contributed by atoms with E-state index in [1.165, 1.54) is 14.2 Å². The molecule has 0 rings (SSSR count). The van der Waals surface area contributed by atoms with Crippen molar-refractivity contribution in [2.45, 2.75) is 0 Å². The third-order valence-electron chi connectivity index (χ3n) is 1.67. The average molecular weight is 308 g/mol. The van der Waals surface area contributed by atoms with Crippen LogP contribution in [0.15, 0.2) is 0 Å². The van der Waals surface area contributed by atoms with Crippen LogP contribution >= 0.6 is 0 Å². The summed E-state index contributed by atoms with van der Waals surface area (Å²) in [6, 6.07) is 0.